The van der Waals surface area contributed by atoms with Crippen LogP contribution < -0.4 is 40.4 Å². The number of carbonyl (C=O) groups excluding carboxylic acids is 1. The van der Waals surface area contributed by atoms with Crippen molar-refractivity contribution in [2.75, 3.05) is 6.61 Å². The van der Waals surface area contributed by atoms with Gasteiger partial charge >= 0.3 is 29.6 Å². The van der Waals surface area contributed by atoms with Crippen LogP contribution in [0, 0.1) is 0 Å². The van der Waals surface area contributed by atoms with Crippen molar-refractivity contribution in [1.29, 1.82) is 0 Å². The first-order valence-electron chi connectivity index (χ1n) is 5.25. The average Bonchev–Trinajstić information content (AvgIpc) is 2.31. The van der Waals surface area contributed by atoms with E-state index < -0.39 is 55.2 Å². The standard InChI is InChI=1S/C9H17NO8.Na/c10-5-3(12)1-9(17,8(15)16)18-7(5)6(14)4(13)2-11;/h3-7,11-14,17H,1-2,10H2,(H,15,16);/q;+1/p-1/t3-,4+,5+,6+,7+,9?;/m0./s1. The van der Waals surface area contributed by atoms with Crippen LogP contribution in [0.1, 0.15) is 6.42 Å². The monoisotopic (exact) mass is 289 g/mol. The van der Waals surface area contributed by atoms with Gasteiger partial charge < -0.3 is 45.9 Å². The second kappa shape index (κ2) is 7.27. The largest absolute Gasteiger partial charge is 1.00 e. The van der Waals surface area contributed by atoms with E-state index in [0.29, 0.717) is 0 Å². The fourth-order valence-corrected chi connectivity index (χ4v) is 1.75. The molecule has 0 radical (unpaired) electrons. The molecular formula is C9H16NNaO8. The van der Waals surface area contributed by atoms with Crippen LogP contribution in [0.25, 0.3) is 0 Å². The van der Waals surface area contributed by atoms with Crippen molar-refractivity contribution in [1.82, 2.24) is 0 Å². The van der Waals surface area contributed by atoms with Gasteiger partial charge in [-0.3, -0.25) is 0 Å². The maximum absolute atomic E-state index is 10.7. The first kappa shape index (κ1) is 19.2. The number of carboxylic acid groups (broad SMARTS) is 1. The number of hydrogen-bond acceptors (Lipinski definition) is 9. The van der Waals surface area contributed by atoms with E-state index in [1.807, 2.05) is 0 Å². The number of ether oxygens (including phenoxy) is 1. The molecule has 10 heteroatoms. The summed E-state index contributed by atoms with van der Waals surface area (Å²) < 4.78 is 4.69. The Hall–Kier alpha value is 0.190. The van der Waals surface area contributed by atoms with Gasteiger partial charge in [-0.15, -0.1) is 0 Å². The number of nitrogens with two attached hydrogens (primary N) is 1. The summed E-state index contributed by atoms with van der Waals surface area (Å²) in [4.78, 5) is 10.7. The number of carbonyl (C=O) groups is 1. The van der Waals surface area contributed by atoms with Crippen LogP contribution in [0.2, 0.25) is 0 Å². The van der Waals surface area contributed by atoms with Gasteiger partial charge in [0.05, 0.1) is 18.8 Å². The van der Waals surface area contributed by atoms with E-state index in [1.165, 1.54) is 0 Å². The molecule has 0 aromatic heterocycles. The minimum atomic E-state index is -2.81. The molecule has 0 spiro atoms. The second-order valence-corrected chi connectivity index (χ2v) is 4.24. The number of hydrogen-bond donors (Lipinski definition) is 6. The summed E-state index contributed by atoms with van der Waals surface area (Å²) in [6.07, 6.45) is -7.20. The Morgan fingerprint density at radius 2 is 2.05 bits per heavy atom. The molecule has 0 saturated carbocycles. The number of aliphatic carboxylic acids is 1. The Kier molecular flexibility index (Phi) is 7.34. The molecule has 1 aliphatic heterocycles. The van der Waals surface area contributed by atoms with Crippen LogP contribution in [-0.4, -0.2) is 74.4 Å². The van der Waals surface area contributed by atoms with E-state index in [1.54, 1.807) is 0 Å². The summed E-state index contributed by atoms with van der Waals surface area (Å²) in [6.45, 7) is -0.826. The summed E-state index contributed by atoms with van der Waals surface area (Å²) in [7, 11) is 0. The van der Waals surface area contributed by atoms with E-state index in [-0.39, 0.29) is 29.6 Å². The second-order valence-electron chi connectivity index (χ2n) is 4.24. The molecule has 19 heavy (non-hydrogen) atoms. The summed E-state index contributed by atoms with van der Waals surface area (Å²) in [5.74, 6) is -4.81. The van der Waals surface area contributed by atoms with E-state index in [0.717, 1.165) is 0 Å². The zero-order valence-electron chi connectivity index (χ0n) is 10.3. The summed E-state index contributed by atoms with van der Waals surface area (Å²) in [6, 6.07) is -1.24. The first-order chi connectivity index (χ1) is 8.23. The molecule has 0 amide bonds. The molecular weight excluding hydrogens is 273 g/mol. The summed E-state index contributed by atoms with van der Waals surface area (Å²) in [5, 5.41) is 57.3. The first-order valence-corrected chi connectivity index (χ1v) is 5.25. The number of carboxylic acids is 1. The Morgan fingerprint density at radius 1 is 1.53 bits per heavy atom. The van der Waals surface area contributed by atoms with Crippen LogP contribution >= 0.6 is 0 Å². The third-order valence-corrected chi connectivity index (χ3v) is 2.88. The maximum atomic E-state index is 10.7. The third-order valence-electron chi connectivity index (χ3n) is 2.88. The molecule has 0 aromatic carbocycles. The summed E-state index contributed by atoms with van der Waals surface area (Å²) >= 11 is 0. The van der Waals surface area contributed by atoms with E-state index in [2.05, 4.69) is 0 Å². The minimum absolute atomic E-state index is 0. The topological polar surface area (TPSA) is 177 Å². The molecule has 1 unspecified atom stereocenters. The molecule has 0 aromatic rings. The molecule has 1 aliphatic rings. The van der Waals surface area contributed by atoms with Crippen molar-refractivity contribution in [2.45, 2.75) is 42.7 Å². The van der Waals surface area contributed by atoms with Crippen LogP contribution in [0.4, 0.5) is 0 Å². The van der Waals surface area contributed by atoms with Crippen molar-refractivity contribution in [3.63, 3.8) is 0 Å². The zero-order valence-corrected chi connectivity index (χ0v) is 12.3. The van der Waals surface area contributed by atoms with Crippen molar-refractivity contribution >= 4 is 5.97 Å². The number of aliphatic hydroxyl groups excluding tert-OH is 4. The van der Waals surface area contributed by atoms with E-state index in [4.69, 9.17) is 15.6 Å². The Balaban J connectivity index is 0.00000324. The van der Waals surface area contributed by atoms with Gasteiger partial charge in [0.25, 0.3) is 0 Å². The van der Waals surface area contributed by atoms with Gasteiger partial charge in [-0.05, 0) is 0 Å². The van der Waals surface area contributed by atoms with Gasteiger partial charge in [-0.2, -0.15) is 0 Å². The molecule has 7 N–H and O–H groups in total. The third kappa shape index (κ3) is 4.08. The molecule has 0 bridgehead atoms. The van der Waals surface area contributed by atoms with Gasteiger partial charge in [-0.1, -0.05) is 0 Å². The predicted molar refractivity (Wildman–Crippen MR) is 52.5 cm³/mol. The molecule has 0 aliphatic carbocycles. The normalized spacial score (nSPS) is 38.1. The predicted octanol–water partition coefficient (Wildman–Crippen LogP) is -8.38. The number of aliphatic hydroxyl groups is 5. The SMILES string of the molecule is N[C@H]1[C@H]([C@H](O)[C@H](O)CO)OC(O)(C(=O)[O-])C[C@@H]1O.[Na+]. The zero-order chi connectivity index (χ0) is 14.1. The maximum Gasteiger partial charge on any atom is 1.00 e. The van der Waals surface area contributed by atoms with Gasteiger partial charge in [0, 0.05) is 6.42 Å². The van der Waals surface area contributed by atoms with Crippen molar-refractivity contribution in [3.05, 3.63) is 0 Å². The molecule has 6 atom stereocenters. The number of rotatable bonds is 4. The fourth-order valence-electron chi connectivity index (χ4n) is 1.75. The average molecular weight is 289 g/mol. The molecule has 1 fully saturated rings. The van der Waals surface area contributed by atoms with Crippen LogP contribution in [0.3, 0.4) is 0 Å². The van der Waals surface area contributed by atoms with Crippen LogP contribution in [-0.2, 0) is 9.53 Å². The van der Waals surface area contributed by atoms with E-state index in [9.17, 15) is 30.3 Å². The van der Waals surface area contributed by atoms with Gasteiger partial charge in [0.15, 0.2) is 0 Å². The van der Waals surface area contributed by atoms with Gasteiger partial charge in [-0.25, -0.2) is 0 Å². The molecule has 106 valence electrons. The molecule has 1 saturated heterocycles. The van der Waals surface area contributed by atoms with Crippen molar-refractivity contribution in [3.8, 4) is 0 Å². The van der Waals surface area contributed by atoms with Crippen molar-refractivity contribution in [2.24, 2.45) is 5.73 Å². The van der Waals surface area contributed by atoms with Gasteiger partial charge in [0.1, 0.15) is 24.3 Å². The molecule has 1 heterocycles. The van der Waals surface area contributed by atoms with Crippen LogP contribution in [0.15, 0.2) is 0 Å². The van der Waals surface area contributed by atoms with Crippen molar-refractivity contribution < 1.29 is 69.7 Å². The minimum Gasteiger partial charge on any atom is -0.544 e. The quantitative estimate of drug-likeness (QED) is 0.274. The van der Waals surface area contributed by atoms with Gasteiger partial charge in [0.2, 0.25) is 5.79 Å². The fraction of sp³-hybridized carbons (Fsp3) is 0.889. The molecule has 1 rings (SSSR count). The Labute approximate surface area is 130 Å². The van der Waals surface area contributed by atoms with E-state index >= 15 is 0 Å². The molecule has 9 nitrogen and oxygen atoms in total. The Bertz CT molecular complexity index is 319. The Morgan fingerprint density at radius 3 is 2.47 bits per heavy atom. The van der Waals surface area contributed by atoms with Crippen LogP contribution in [0.5, 0.6) is 0 Å². The smallest absolute Gasteiger partial charge is 0.544 e. The summed E-state index contributed by atoms with van der Waals surface area (Å²) in [5.41, 5.74) is 5.48.